The highest BCUT2D eigenvalue weighted by Gasteiger charge is 2.19. The van der Waals surface area contributed by atoms with Crippen LogP contribution in [0.25, 0.3) is 22.3 Å². The lowest BCUT2D eigenvalue weighted by Crippen LogP contribution is -2.40. The summed E-state index contributed by atoms with van der Waals surface area (Å²) in [5.74, 6) is 0.479. The van der Waals surface area contributed by atoms with E-state index in [0.717, 1.165) is 22.2 Å². The lowest BCUT2D eigenvalue weighted by atomic mass is 10.1. The minimum Gasteiger partial charge on any atom is -0.456 e. The van der Waals surface area contributed by atoms with Crippen LogP contribution in [0.4, 0.5) is 0 Å². The first kappa shape index (κ1) is 21.7. The Morgan fingerprint density at radius 1 is 1.19 bits per heavy atom. The number of carbonyl (C=O) groups excluding carboxylic acids is 1. The molecule has 2 heterocycles. The van der Waals surface area contributed by atoms with E-state index in [1.807, 2.05) is 58.0 Å². The molecule has 1 amide bonds. The Bertz CT molecular complexity index is 1350. The fourth-order valence-corrected chi connectivity index (χ4v) is 3.75. The standard InChI is InChI=1S/C25H23ClN4O2/c1-15-9-21(24(31)28-25(2,3)4)29-30(15)14-19-11-20(26)10-18-12-22(32-23(18)19)17-7-5-16(13-27)6-8-17/h5-12H,14H2,1-4H3,(H,28,31). The molecule has 1 N–H and O–H groups in total. The third-order valence-electron chi connectivity index (χ3n) is 4.98. The molecule has 0 fully saturated rings. The van der Waals surface area contributed by atoms with Crippen molar-refractivity contribution >= 4 is 28.5 Å². The highest BCUT2D eigenvalue weighted by atomic mass is 35.5. The molecular formula is C25H23ClN4O2. The molecule has 6 nitrogen and oxygen atoms in total. The van der Waals surface area contributed by atoms with Crippen molar-refractivity contribution in [2.24, 2.45) is 0 Å². The summed E-state index contributed by atoms with van der Waals surface area (Å²) in [6, 6.07) is 16.8. The molecule has 4 rings (SSSR count). The number of aromatic nitrogens is 2. The molecule has 32 heavy (non-hydrogen) atoms. The summed E-state index contributed by atoms with van der Waals surface area (Å²) in [6.45, 7) is 8.11. The third kappa shape index (κ3) is 4.53. The molecule has 2 aromatic carbocycles. The van der Waals surface area contributed by atoms with Gasteiger partial charge in [-0.05, 0) is 76.2 Å². The Hall–Kier alpha value is -3.56. The second-order valence-electron chi connectivity index (χ2n) is 8.82. The van der Waals surface area contributed by atoms with Crippen molar-refractivity contribution in [1.29, 1.82) is 5.26 Å². The summed E-state index contributed by atoms with van der Waals surface area (Å²) in [7, 11) is 0. The number of hydrogen-bond acceptors (Lipinski definition) is 4. The van der Waals surface area contributed by atoms with E-state index in [4.69, 9.17) is 21.3 Å². The van der Waals surface area contributed by atoms with E-state index in [1.165, 1.54) is 0 Å². The molecule has 2 aromatic heterocycles. The zero-order valence-corrected chi connectivity index (χ0v) is 19.1. The largest absolute Gasteiger partial charge is 0.456 e. The Morgan fingerprint density at radius 2 is 1.91 bits per heavy atom. The van der Waals surface area contributed by atoms with Crippen molar-refractivity contribution in [3.8, 4) is 17.4 Å². The van der Waals surface area contributed by atoms with Gasteiger partial charge in [-0.2, -0.15) is 10.4 Å². The smallest absolute Gasteiger partial charge is 0.272 e. The summed E-state index contributed by atoms with van der Waals surface area (Å²) in [5, 5.41) is 17.9. The molecule has 0 aliphatic rings. The lowest BCUT2D eigenvalue weighted by Gasteiger charge is -2.19. The number of fused-ring (bicyclic) bond motifs is 1. The van der Waals surface area contributed by atoms with Crippen molar-refractivity contribution in [1.82, 2.24) is 15.1 Å². The summed E-state index contributed by atoms with van der Waals surface area (Å²) in [4.78, 5) is 12.5. The van der Waals surface area contributed by atoms with Gasteiger partial charge in [0.1, 0.15) is 17.0 Å². The zero-order chi connectivity index (χ0) is 23.0. The molecule has 0 radical (unpaired) electrons. The third-order valence-corrected chi connectivity index (χ3v) is 5.20. The van der Waals surface area contributed by atoms with Crippen molar-refractivity contribution < 1.29 is 9.21 Å². The van der Waals surface area contributed by atoms with Crippen LogP contribution >= 0.6 is 11.6 Å². The maximum Gasteiger partial charge on any atom is 0.272 e. The van der Waals surface area contributed by atoms with Crippen molar-refractivity contribution in [2.45, 2.75) is 39.8 Å². The molecule has 162 valence electrons. The highest BCUT2D eigenvalue weighted by Crippen LogP contribution is 2.33. The average molecular weight is 447 g/mol. The molecule has 0 saturated heterocycles. The van der Waals surface area contributed by atoms with E-state index in [9.17, 15) is 4.79 Å². The number of hydrogen-bond donors (Lipinski definition) is 1. The van der Waals surface area contributed by atoms with Gasteiger partial charge in [-0.25, -0.2) is 0 Å². The summed E-state index contributed by atoms with van der Waals surface area (Å²) in [6.07, 6.45) is 0. The molecule has 0 unspecified atom stereocenters. The van der Waals surface area contributed by atoms with Gasteiger partial charge in [0.2, 0.25) is 0 Å². The zero-order valence-electron chi connectivity index (χ0n) is 18.4. The minimum absolute atomic E-state index is 0.211. The van der Waals surface area contributed by atoms with Gasteiger partial charge >= 0.3 is 0 Å². The van der Waals surface area contributed by atoms with E-state index in [2.05, 4.69) is 16.5 Å². The van der Waals surface area contributed by atoms with Gasteiger partial charge in [-0.15, -0.1) is 0 Å². The summed E-state index contributed by atoms with van der Waals surface area (Å²) in [5.41, 5.74) is 3.92. The molecule has 0 saturated carbocycles. The second kappa shape index (κ2) is 8.18. The monoisotopic (exact) mass is 446 g/mol. The first-order valence-electron chi connectivity index (χ1n) is 10.2. The van der Waals surface area contributed by atoms with Gasteiger partial charge in [0.05, 0.1) is 18.2 Å². The van der Waals surface area contributed by atoms with Gasteiger partial charge in [0.25, 0.3) is 5.91 Å². The van der Waals surface area contributed by atoms with E-state index in [-0.39, 0.29) is 11.4 Å². The highest BCUT2D eigenvalue weighted by molar-refractivity contribution is 6.31. The van der Waals surface area contributed by atoms with Crippen LogP contribution in [0.2, 0.25) is 5.02 Å². The first-order chi connectivity index (χ1) is 15.1. The quantitative estimate of drug-likeness (QED) is 0.435. The number of benzene rings is 2. The van der Waals surface area contributed by atoms with Crippen LogP contribution < -0.4 is 5.32 Å². The van der Waals surface area contributed by atoms with Crippen LogP contribution in [0, 0.1) is 18.3 Å². The van der Waals surface area contributed by atoms with E-state index >= 15 is 0 Å². The van der Waals surface area contributed by atoms with Gasteiger partial charge in [-0.3, -0.25) is 9.48 Å². The predicted molar refractivity (Wildman–Crippen MR) is 125 cm³/mol. The number of aryl methyl sites for hydroxylation is 1. The van der Waals surface area contributed by atoms with Gasteiger partial charge < -0.3 is 9.73 Å². The van der Waals surface area contributed by atoms with Crippen LogP contribution in [0.5, 0.6) is 0 Å². The van der Waals surface area contributed by atoms with Gasteiger partial charge in [0, 0.05) is 32.8 Å². The normalized spacial score (nSPS) is 11.5. The second-order valence-corrected chi connectivity index (χ2v) is 9.25. The van der Waals surface area contributed by atoms with Crippen LogP contribution in [0.15, 0.2) is 52.9 Å². The number of carbonyl (C=O) groups is 1. The van der Waals surface area contributed by atoms with E-state index in [0.29, 0.717) is 34.2 Å². The Morgan fingerprint density at radius 3 is 2.56 bits per heavy atom. The lowest BCUT2D eigenvalue weighted by molar-refractivity contribution is 0.0913. The summed E-state index contributed by atoms with van der Waals surface area (Å²) >= 11 is 6.38. The van der Waals surface area contributed by atoms with Crippen molar-refractivity contribution in [2.75, 3.05) is 0 Å². The minimum atomic E-state index is -0.343. The molecular weight excluding hydrogens is 424 g/mol. The van der Waals surface area contributed by atoms with E-state index in [1.54, 1.807) is 22.9 Å². The SMILES string of the molecule is Cc1cc(C(=O)NC(C)(C)C)nn1Cc1cc(Cl)cc2cc(-c3ccc(C#N)cc3)oc12. The molecule has 0 aliphatic heterocycles. The topological polar surface area (TPSA) is 83.9 Å². The molecule has 4 aromatic rings. The number of nitrogens with one attached hydrogen (secondary N) is 1. The molecule has 0 spiro atoms. The Labute approximate surface area is 191 Å². The fourth-order valence-electron chi connectivity index (χ4n) is 3.50. The molecule has 0 atom stereocenters. The maximum atomic E-state index is 12.5. The fraction of sp³-hybridized carbons (Fsp3) is 0.240. The van der Waals surface area contributed by atoms with Crippen LogP contribution in [-0.4, -0.2) is 21.2 Å². The van der Waals surface area contributed by atoms with Gasteiger partial charge in [0.15, 0.2) is 0 Å². The average Bonchev–Trinajstić information content (AvgIpc) is 3.31. The van der Waals surface area contributed by atoms with Crippen LogP contribution in [0.3, 0.4) is 0 Å². The number of rotatable bonds is 4. The summed E-state index contributed by atoms with van der Waals surface area (Å²) < 4.78 is 7.95. The van der Waals surface area contributed by atoms with Crippen molar-refractivity contribution in [3.63, 3.8) is 0 Å². The molecule has 7 heteroatoms. The number of amides is 1. The maximum absolute atomic E-state index is 12.5. The number of halogens is 1. The van der Waals surface area contributed by atoms with Gasteiger partial charge in [-0.1, -0.05) is 11.6 Å². The number of nitriles is 1. The number of furan rings is 1. The molecule has 0 aliphatic carbocycles. The first-order valence-corrected chi connectivity index (χ1v) is 10.6. The van der Waals surface area contributed by atoms with Crippen LogP contribution in [0.1, 0.15) is 48.1 Å². The van der Waals surface area contributed by atoms with Crippen LogP contribution in [-0.2, 0) is 6.54 Å². The Kier molecular flexibility index (Phi) is 5.53. The predicted octanol–water partition coefficient (Wildman–Crippen LogP) is 5.71. The molecule has 0 bridgehead atoms. The van der Waals surface area contributed by atoms with Crippen molar-refractivity contribution in [3.05, 3.63) is 76.1 Å². The Balaban J connectivity index is 1.68. The van der Waals surface area contributed by atoms with E-state index < -0.39 is 0 Å². The number of nitrogens with zero attached hydrogens (tertiary/aromatic N) is 3.